The molecule has 1 unspecified atom stereocenters. The van der Waals surface area contributed by atoms with Crippen molar-refractivity contribution in [2.75, 3.05) is 0 Å². The zero-order valence-electron chi connectivity index (χ0n) is 12.6. The molecule has 1 atom stereocenters. The highest BCUT2D eigenvalue weighted by Gasteiger charge is 2.11. The Labute approximate surface area is 138 Å². The highest BCUT2D eigenvalue weighted by molar-refractivity contribution is 7.28. The first-order chi connectivity index (χ1) is 11.3. The molecule has 0 saturated carbocycles. The molecule has 0 spiro atoms. The summed E-state index contributed by atoms with van der Waals surface area (Å²) in [4.78, 5) is 5.00. The van der Waals surface area contributed by atoms with Gasteiger partial charge in [-0.1, -0.05) is 78.9 Å². The van der Waals surface area contributed by atoms with Gasteiger partial charge < -0.3 is 0 Å². The van der Waals surface area contributed by atoms with Gasteiger partial charge in [-0.3, -0.25) is 0 Å². The number of pyridine rings is 1. The molecule has 0 bridgehead atoms. The first-order valence-corrected chi connectivity index (χ1v) is 8.21. The van der Waals surface area contributed by atoms with Gasteiger partial charge in [-0.15, -0.1) is 9.24 Å². The van der Waals surface area contributed by atoms with Gasteiger partial charge in [0.25, 0.3) is 0 Å². The number of hydrogen-bond acceptors (Lipinski definition) is 1. The van der Waals surface area contributed by atoms with Crippen LogP contribution in [-0.4, -0.2) is 4.98 Å². The normalized spacial score (nSPS) is 10.8. The number of fused-ring (bicyclic) bond motifs is 1. The second kappa shape index (κ2) is 5.95. The van der Waals surface area contributed by atoms with Crippen LogP contribution in [0.1, 0.15) is 0 Å². The second-order valence-corrected chi connectivity index (χ2v) is 6.16. The molecule has 0 amide bonds. The van der Waals surface area contributed by atoms with Crippen LogP contribution in [0.25, 0.3) is 33.3 Å². The van der Waals surface area contributed by atoms with Crippen molar-refractivity contribution in [2.24, 2.45) is 0 Å². The average Bonchev–Trinajstić information content (AvgIpc) is 2.63. The van der Waals surface area contributed by atoms with Crippen LogP contribution < -0.4 is 5.30 Å². The van der Waals surface area contributed by atoms with Crippen molar-refractivity contribution in [1.29, 1.82) is 0 Å². The lowest BCUT2D eigenvalue weighted by Gasteiger charge is -2.12. The lowest BCUT2D eigenvalue weighted by atomic mass is 9.97. The summed E-state index contributed by atoms with van der Waals surface area (Å²) in [6, 6.07) is 29.4. The molecule has 0 aliphatic heterocycles. The Morgan fingerprint density at radius 1 is 0.652 bits per heavy atom. The maximum absolute atomic E-state index is 5.00. The van der Waals surface area contributed by atoms with Gasteiger partial charge in [0.2, 0.25) is 0 Å². The van der Waals surface area contributed by atoms with E-state index in [0.717, 1.165) is 27.5 Å². The number of para-hydroxylation sites is 1. The molecular formula is C21H16NP. The molecule has 1 heterocycles. The van der Waals surface area contributed by atoms with E-state index in [0.29, 0.717) is 0 Å². The summed E-state index contributed by atoms with van der Waals surface area (Å²) in [5, 5.41) is 2.29. The Morgan fingerprint density at radius 2 is 1.30 bits per heavy atom. The molecule has 0 fully saturated rings. The van der Waals surface area contributed by atoms with E-state index in [9.17, 15) is 0 Å². The fourth-order valence-corrected chi connectivity index (χ4v) is 3.22. The Kier molecular flexibility index (Phi) is 3.65. The van der Waals surface area contributed by atoms with Crippen molar-refractivity contribution < 1.29 is 0 Å². The zero-order valence-corrected chi connectivity index (χ0v) is 13.8. The lowest BCUT2D eigenvalue weighted by Crippen LogP contribution is -1.98. The highest BCUT2D eigenvalue weighted by atomic mass is 31.0. The maximum Gasteiger partial charge on any atom is 0.0788 e. The van der Waals surface area contributed by atoms with Crippen molar-refractivity contribution in [3.05, 3.63) is 84.9 Å². The van der Waals surface area contributed by atoms with Crippen molar-refractivity contribution >= 4 is 25.4 Å². The molecule has 110 valence electrons. The van der Waals surface area contributed by atoms with Crippen LogP contribution in [0.2, 0.25) is 0 Å². The fraction of sp³-hybridized carbons (Fsp3) is 0. The third-order valence-corrected chi connectivity index (χ3v) is 4.47. The summed E-state index contributed by atoms with van der Waals surface area (Å²) < 4.78 is 0. The third kappa shape index (κ3) is 2.65. The minimum absolute atomic E-state index is 1.03. The minimum atomic E-state index is 1.03. The van der Waals surface area contributed by atoms with Gasteiger partial charge in [0.15, 0.2) is 0 Å². The summed E-state index contributed by atoms with van der Waals surface area (Å²) in [6.45, 7) is 0. The standard InChI is InChI=1S/C21H16NP/c23-19-13-7-12-17-14-18(15-8-3-1-4-9-15)20(22-21(17)19)16-10-5-2-6-11-16/h1-14H,23H2. The minimum Gasteiger partial charge on any atom is -0.246 e. The van der Waals surface area contributed by atoms with Crippen molar-refractivity contribution in [3.8, 4) is 22.4 Å². The lowest BCUT2D eigenvalue weighted by molar-refractivity contribution is 1.40. The predicted molar refractivity (Wildman–Crippen MR) is 102 cm³/mol. The first-order valence-electron chi connectivity index (χ1n) is 7.63. The van der Waals surface area contributed by atoms with Gasteiger partial charge in [-0.05, 0) is 16.9 Å². The molecule has 0 aliphatic rings. The van der Waals surface area contributed by atoms with Crippen LogP contribution in [0.5, 0.6) is 0 Å². The van der Waals surface area contributed by atoms with E-state index >= 15 is 0 Å². The second-order valence-electron chi connectivity index (χ2n) is 5.54. The maximum atomic E-state index is 5.00. The third-order valence-electron chi connectivity index (χ3n) is 4.01. The number of benzene rings is 3. The van der Waals surface area contributed by atoms with Crippen LogP contribution in [-0.2, 0) is 0 Å². The van der Waals surface area contributed by atoms with E-state index in [1.807, 2.05) is 12.1 Å². The van der Waals surface area contributed by atoms with E-state index < -0.39 is 0 Å². The van der Waals surface area contributed by atoms with Gasteiger partial charge in [0.1, 0.15) is 0 Å². The van der Waals surface area contributed by atoms with Crippen molar-refractivity contribution in [1.82, 2.24) is 4.98 Å². The summed E-state index contributed by atoms with van der Waals surface area (Å²) in [5.41, 5.74) is 5.56. The van der Waals surface area contributed by atoms with Gasteiger partial charge in [-0.25, -0.2) is 4.98 Å². The van der Waals surface area contributed by atoms with E-state index in [1.165, 1.54) is 11.1 Å². The molecule has 0 N–H and O–H groups in total. The quantitative estimate of drug-likeness (QED) is 0.471. The molecule has 23 heavy (non-hydrogen) atoms. The highest BCUT2D eigenvalue weighted by Crippen LogP contribution is 2.33. The monoisotopic (exact) mass is 313 g/mol. The van der Waals surface area contributed by atoms with Crippen molar-refractivity contribution in [3.63, 3.8) is 0 Å². The molecule has 0 radical (unpaired) electrons. The van der Waals surface area contributed by atoms with Gasteiger partial charge in [0, 0.05) is 16.5 Å². The average molecular weight is 313 g/mol. The number of rotatable bonds is 2. The molecule has 2 heteroatoms. The summed E-state index contributed by atoms with van der Waals surface area (Å²) in [7, 11) is 2.79. The zero-order chi connectivity index (χ0) is 15.6. The SMILES string of the molecule is Pc1cccc2cc(-c3ccccc3)c(-c3ccccc3)nc12. The molecular weight excluding hydrogens is 297 g/mol. The molecule has 1 aromatic heterocycles. The molecule has 1 nitrogen and oxygen atoms in total. The van der Waals surface area contributed by atoms with Gasteiger partial charge in [0.05, 0.1) is 11.2 Å². The molecule has 4 aromatic rings. The Hall–Kier alpha value is -2.50. The molecule has 3 aromatic carbocycles. The summed E-state index contributed by atoms with van der Waals surface area (Å²) >= 11 is 0. The first kappa shape index (κ1) is 14.1. The number of aromatic nitrogens is 1. The molecule has 4 rings (SSSR count). The Bertz CT molecular complexity index is 963. The van der Waals surface area contributed by atoms with Crippen LogP contribution >= 0.6 is 9.24 Å². The number of hydrogen-bond donors (Lipinski definition) is 0. The fourth-order valence-electron chi connectivity index (χ4n) is 2.88. The Balaban J connectivity index is 2.07. The molecule has 0 saturated heterocycles. The summed E-state index contributed by atoms with van der Waals surface area (Å²) in [6.07, 6.45) is 0. The van der Waals surface area contributed by atoms with Crippen LogP contribution in [0.4, 0.5) is 0 Å². The van der Waals surface area contributed by atoms with Crippen LogP contribution in [0, 0.1) is 0 Å². The van der Waals surface area contributed by atoms with Gasteiger partial charge in [-0.2, -0.15) is 0 Å². The predicted octanol–water partition coefficient (Wildman–Crippen LogP) is 5.07. The van der Waals surface area contributed by atoms with E-state index in [-0.39, 0.29) is 0 Å². The van der Waals surface area contributed by atoms with Crippen LogP contribution in [0.3, 0.4) is 0 Å². The van der Waals surface area contributed by atoms with E-state index in [4.69, 9.17) is 4.98 Å². The topological polar surface area (TPSA) is 12.9 Å². The molecule has 0 aliphatic carbocycles. The van der Waals surface area contributed by atoms with E-state index in [2.05, 4.69) is 82.0 Å². The Morgan fingerprint density at radius 3 is 2.00 bits per heavy atom. The number of nitrogens with zero attached hydrogens (tertiary/aromatic N) is 1. The summed E-state index contributed by atoms with van der Waals surface area (Å²) in [5.74, 6) is 0. The van der Waals surface area contributed by atoms with Gasteiger partial charge >= 0.3 is 0 Å². The smallest absolute Gasteiger partial charge is 0.0788 e. The van der Waals surface area contributed by atoms with E-state index in [1.54, 1.807) is 0 Å². The largest absolute Gasteiger partial charge is 0.246 e. The van der Waals surface area contributed by atoms with Crippen molar-refractivity contribution in [2.45, 2.75) is 0 Å². The van der Waals surface area contributed by atoms with Crippen LogP contribution in [0.15, 0.2) is 84.9 Å².